The Hall–Kier alpha value is -4.56. The van der Waals surface area contributed by atoms with Crippen LogP contribution in [0.5, 0.6) is 0 Å². The molecule has 0 saturated heterocycles. The van der Waals surface area contributed by atoms with Crippen molar-refractivity contribution in [3.8, 4) is 0 Å². The summed E-state index contributed by atoms with van der Waals surface area (Å²) in [7, 11) is 0. The summed E-state index contributed by atoms with van der Waals surface area (Å²) in [5.74, 6) is -1.55. The van der Waals surface area contributed by atoms with Gasteiger partial charge in [0.1, 0.15) is 0 Å². The van der Waals surface area contributed by atoms with Crippen LogP contribution in [0, 0.1) is 0 Å². The van der Waals surface area contributed by atoms with Crippen LogP contribution in [0.25, 0.3) is 0 Å². The summed E-state index contributed by atoms with van der Waals surface area (Å²) in [4.78, 5) is 28.7. The second kappa shape index (κ2) is 11.5. The second-order valence-corrected chi connectivity index (χ2v) is 9.17. The standard InChI is InChI=1S/C35H28O2/c36-34(29-22-12-4-13-23-29)32(27-18-8-2-9-19-27)31(26-16-6-1-7-17-26)33(28-20-10-3-11-21-28)35(37)30-24-14-5-15-25-30/h1-25,31-33H/t31?,32-,33+. The first-order valence-electron chi connectivity index (χ1n) is 12.6. The van der Waals surface area contributed by atoms with Crippen LogP contribution in [0.4, 0.5) is 0 Å². The molecule has 0 aliphatic rings. The molecule has 1 unspecified atom stereocenters. The summed E-state index contributed by atoms with van der Waals surface area (Å²) < 4.78 is 0. The van der Waals surface area contributed by atoms with E-state index < -0.39 is 17.8 Å². The van der Waals surface area contributed by atoms with Crippen LogP contribution in [0.3, 0.4) is 0 Å². The van der Waals surface area contributed by atoms with Gasteiger partial charge in [0, 0.05) is 17.0 Å². The van der Waals surface area contributed by atoms with Crippen molar-refractivity contribution in [3.05, 3.63) is 179 Å². The lowest BCUT2D eigenvalue weighted by Crippen LogP contribution is -2.30. The van der Waals surface area contributed by atoms with Crippen molar-refractivity contribution in [1.82, 2.24) is 0 Å². The van der Waals surface area contributed by atoms with E-state index in [-0.39, 0.29) is 11.6 Å². The van der Waals surface area contributed by atoms with E-state index in [0.717, 1.165) is 16.7 Å². The number of carbonyl (C=O) groups is 2. The third-order valence-corrected chi connectivity index (χ3v) is 6.90. The fourth-order valence-corrected chi connectivity index (χ4v) is 5.18. The lowest BCUT2D eigenvalue weighted by Gasteiger charge is -2.34. The molecule has 0 bridgehead atoms. The van der Waals surface area contributed by atoms with E-state index in [4.69, 9.17) is 0 Å². The van der Waals surface area contributed by atoms with E-state index in [9.17, 15) is 9.59 Å². The SMILES string of the molecule is O=C(c1ccccc1)[C@H](c1ccccc1)C(c1ccccc1)[C@@H](C(=O)c1ccccc1)c1ccccc1. The third-order valence-electron chi connectivity index (χ3n) is 6.90. The Balaban J connectivity index is 1.76. The van der Waals surface area contributed by atoms with E-state index in [2.05, 4.69) is 0 Å². The molecular weight excluding hydrogens is 452 g/mol. The van der Waals surface area contributed by atoms with Crippen molar-refractivity contribution in [2.75, 3.05) is 0 Å². The first-order valence-corrected chi connectivity index (χ1v) is 12.6. The van der Waals surface area contributed by atoms with Gasteiger partial charge in [-0.3, -0.25) is 9.59 Å². The third kappa shape index (κ3) is 5.34. The summed E-state index contributed by atoms with van der Waals surface area (Å²) in [5.41, 5.74) is 4.02. The molecule has 0 heterocycles. The van der Waals surface area contributed by atoms with Crippen LogP contribution in [-0.4, -0.2) is 11.6 Å². The van der Waals surface area contributed by atoms with Gasteiger partial charge in [-0.1, -0.05) is 152 Å². The zero-order chi connectivity index (χ0) is 25.5. The van der Waals surface area contributed by atoms with E-state index in [1.54, 1.807) is 0 Å². The van der Waals surface area contributed by atoms with Crippen molar-refractivity contribution >= 4 is 11.6 Å². The van der Waals surface area contributed by atoms with Crippen LogP contribution in [0.1, 0.15) is 55.2 Å². The van der Waals surface area contributed by atoms with Crippen molar-refractivity contribution in [2.45, 2.75) is 17.8 Å². The smallest absolute Gasteiger partial charge is 0.170 e. The minimum Gasteiger partial charge on any atom is -0.293 e. The molecule has 0 saturated carbocycles. The molecule has 0 amide bonds. The predicted molar refractivity (Wildman–Crippen MR) is 149 cm³/mol. The number of rotatable bonds is 9. The Bertz CT molecular complexity index is 1340. The zero-order valence-corrected chi connectivity index (χ0v) is 20.5. The summed E-state index contributed by atoms with van der Waals surface area (Å²) in [6.07, 6.45) is 0. The highest BCUT2D eigenvalue weighted by molar-refractivity contribution is 6.05. The topological polar surface area (TPSA) is 34.1 Å². The number of hydrogen-bond acceptors (Lipinski definition) is 2. The van der Waals surface area contributed by atoms with Gasteiger partial charge in [0.15, 0.2) is 11.6 Å². The molecule has 180 valence electrons. The molecule has 2 heteroatoms. The van der Waals surface area contributed by atoms with Gasteiger partial charge < -0.3 is 0 Å². The van der Waals surface area contributed by atoms with Crippen molar-refractivity contribution in [3.63, 3.8) is 0 Å². The fourth-order valence-electron chi connectivity index (χ4n) is 5.18. The van der Waals surface area contributed by atoms with Crippen LogP contribution in [-0.2, 0) is 0 Å². The molecule has 2 nitrogen and oxygen atoms in total. The largest absolute Gasteiger partial charge is 0.293 e. The number of benzene rings is 5. The number of carbonyl (C=O) groups excluding carboxylic acids is 2. The van der Waals surface area contributed by atoms with Gasteiger partial charge in [-0.05, 0) is 16.7 Å². The highest BCUT2D eigenvalue weighted by atomic mass is 16.1. The number of hydrogen-bond donors (Lipinski definition) is 0. The molecule has 5 aromatic carbocycles. The molecule has 0 N–H and O–H groups in total. The highest BCUT2D eigenvalue weighted by Gasteiger charge is 2.41. The maximum absolute atomic E-state index is 14.3. The number of ketones is 2. The Morgan fingerprint density at radius 2 is 0.622 bits per heavy atom. The monoisotopic (exact) mass is 480 g/mol. The van der Waals surface area contributed by atoms with Crippen LogP contribution >= 0.6 is 0 Å². The van der Waals surface area contributed by atoms with E-state index in [1.807, 2.05) is 152 Å². The van der Waals surface area contributed by atoms with Gasteiger partial charge in [-0.2, -0.15) is 0 Å². The van der Waals surface area contributed by atoms with Crippen molar-refractivity contribution in [1.29, 1.82) is 0 Å². The van der Waals surface area contributed by atoms with Gasteiger partial charge in [-0.25, -0.2) is 0 Å². The van der Waals surface area contributed by atoms with E-state index in [1.165, 1.54) is 0 Å². The Morgan fingerprint density at radius 1 is 0.351 bits per heavy atom. The van der Waals surface area contributed by atoms with Gasteiger partial charge in [0.2, 0.25) is 0 Å². The second-order valence-electron chi connectivity index (χ2n) is 9.17. The lowest BCUT2D eigenvalue weighted by atomic mass is 9.67. The molecular formula is C35H28O2. The minimum atomic E-state index is -0.566. The summed E-state index contributed by atoms with van der Waals surface area (Å²) in [6, 6.07) is 48.5. The summed E-state index contributed by atoms with van der Waals surface area (Å²) in [5, 5.41) is 0. The minimum absolute atomic E-state index is 0.00226. The summed E-state index contributed by atoms with van der Waals surface area (Å²) in [6.45, 7) is 0. The molecule has 5 aromatic rings. The molecule has 0 fully saturated rings. The maximum atomic E-state index is 14.3. The first-order chi connectivity index (χ1) is 18.2. The molecule has 5 rings (SSSR count). The van der Waals surface area contributed by atoms with Crippen LogP contribution < -0.4 is 0 Å². The lowest BCUT2D eigenvalue weighted by molar-refractivity contribution is 0.0899. The van der Waals surface area contributed by atoms with Crippen LogP contribution in [0.2, 0.25) is 0 Å². The first kappa shape index (κ1) is 24.1. The molecule has 0 radical (unpaired) electrons. The quantitative estimate of drug-likeness (QED) is 0.200. The Kier molecular flexibility index (Phi) is 7.47. The molecule has 3 atom stereocenters. The predicted octanol–water partition coefficient (Wildman–Crippen LogP) is 8.10. The Labute approximate surface area is 218 Å². The molecule has 37 heavy (non-hydrogen) atoms. The van der Waals surface area contributed by atoms with Gasteiger partial charge in [0.25, 0.3) is 0 Å². The fraction of sp³-hybridized carbons (Fsp3) is 0.0857. The molecule has 0 spiro atoms. The van der Waals surface area contributed by atoms with Gasteiger partial charge in [0.05, 0.1) is 11.8 Å². The average molecular weight is 481 g/mol. The van der Waals surface area contributed by atoms with Crippen molar-refractivity contribution < 1.29 is 9.59 Å². The van der Waals surface area contributed by atoms with Gasteiger partial charge in [-0.15, -0.1) is 0 Å². The molecule has 0 aromatic heterocycles. The molecule has 0 aliphatic carbocycles. The van der Waals surface area contributed by atoms with E-state index in [0.29, 0.717) is 11.1 Å². The Morgan fingerprint density at radius 3 is 0.946 bits per heavy atom. The summed E-state index contributed by atoms with van der Waals surface area (Å²) >= 11 is 0. The average Bonchev–Trinajstić information content (AvgIpc) is 2.99. The van der Waals surface area contributed by atoms with Crippen molar-refractivity contribution in [2.24, 2.45) is 0 Å². The number of Topliss-reactive ketones (excluding diaryl/α,β-unsaturated/α-hetero) is 2. The van der Waals surface area contributed by atoms with Crippen LogP contribution in [0.15, 0.2) is 152 Å². The normalized spacial score (nSPS) is 13.3. The maximum Gasteiger partial charge on any atom is 0.170 e. The zero-order valence-electron chi connectivity index (χ0n) is 20.5. The van der Waals surface area contributed by atoms with E-state index >= 15 is 0 Å². The highest BCUT2D eigenvalue weighted by Crippen LogP contribution is 2.46. The van der Waals surface area contributed by atoms with Gasteiger partial charge >= 0.3 is 0 Å². The molecule has 0 aliphatic heterocycles.